The van der Waals surface area contributed by atoms with Gasteiger partial charge in [-0.25, -0.2) is 0 Å². The van der Waals surface area contributed by atoms with Crippen LogP contribution in [0, 0.1) is 0 Å². The van der Waals surface area contributed by atoms with Crippen LogP contribution in [0.3, 0.4) is 0 Å². The van der Waals surface area contributed by atoms with Crippen LogP contribution in [0.15, 0.2) is 0 Å². The predicted octanol–water partition coefficient (Wildman–Crippen LogP) is -1.01. The van der Waals surface area contributed by atoms with Crippen LogP contribution in [0.1, 0.15) is 12.8 Å². The lowest BCUT2D eigenvalue weighted by molar-refractivity contribution is -0.138. The summed E-state index contributed by atoms with van der Waals surface area (Å²) in [5, 5.41) is 2.01. The minimum absolute atomic E-state index is 0.147. The molecule has 1 rings (SSSR count). The summed E-state index contributed by atoms with van der Waals surface area (Å²) in [6.45, 7) is 0. The van der Waals surface area contributed by atoms with Crippen molar-refractivity contribution in [3.05, 3.63) is 0 Å². The zero-order valence-electron chi connectivity index (χ0n) is 4.64. The number of hydrogen-bond acceptors (Lipinski definition) is 3. The van der Waals surface area contributed by atoms with Gasteiger partial charge < -0.3 is 0 Å². The van der Waals surface area contributed by atoms with Crippen molar-refractivity contribution in [2.75, 3.05) is 0 Å². The van der Waals surface area contributed by atoms with Crippen LogP contribution in [-0.2, 0) is 14.4 Å². The van der Waals surface area contributed by atoms with Crippen molar-refractivity contribution < 1.29 is 14.4 Å². The van der Waals surface area contributed by atoms with E-state index in [1.165, 1.54) is 0 Å². The topological polar surface area (TPSA) is 63.2 Å². The molecular formula is C5H5NO3. The van der Waals surface area contributed by atoms with Crippen molar-refractivity contribution in [3.63, 3.8) is 0 Å². The molecule has 1 heterocycles. The van der Waals surface area contributed by atoms with Crippen LogP contribution >= 0.6 is 0 Å². The smallest absolute Gasteiger partial charge is 0.234 e. The molecule has 0 radical (unpaired) electrons. The highest BCUT2D eigenvalue weighted by molar-refractivity contribution is 6.16. The lowest BCUT2D eigenvalue weighted by Gasteiger charge is -2.07. The van der Waals surface area contributed by atoms with Crippen molar-refractivity contribution in [2.45, 2.75) is 12.8 Å². The fourth-order valence-electron chi connectivity index (χ4n) is 0.665. The molecule has 1 saturated heterocycles. The second-order valence-corrected chi connectivity index (χ2v) is 1.86. The Bertz CT molecular complexity index is 139. The van der Waals surface area contributed by atoms with E-state index >= 15 is 0 Å². The minimum atomic E-state index is -0.490. The van der Waals surface area contributed by atoms with Gasteiger partial charge in [-0.2, -0.15) is 0 Å². The van der Waals surface area contributed by atoms with E-state index in [4.69, 9.17) is 0 Å². The quantitative estimate of drug-likeness (QED) is 0.335. The average molecular weight is 127 g/mol. The van der Waals surface area contributed by atoms with Gasteiger partial charge in [0.05, 0.1) is 12.8 Å². The molecule has 1 aliphatic rings. The fourth-order valence-corrected chi connectivity index (χ4v) is 0.665. The van der Waals surface area contributed by atoms with Crippen LogP contribution in [-0.4, -0.2) is 17.6 Å². The van der Waals surface area contributed by atoms with Crippen LogP contribution in [0.2, 0.25) is 0 Å². The number of rotatable bonds is 0. The van der Waals surface area contributed by atoms with E-state index in [0.29, 0.717) is 0 Å². The minimum Gasteiger partial charge on any atom is -0.299 e. The van der Waals surface area contributed by atoms with Crippen molar-refractivity contribution in [2.24, 2.45) is 0 Å². The fraction of sp³-hybridized carbons (Fsp3) is 0.400. The average Bonchev–Trinajstić information content (AvgIpc) is 1.59. The summed E-state index contributed by atoms with van der Waals surface area (Å²) >= 11 is 0. The zero-order chi connectivity index (χ0) is 6.85. The van der Waals surface area contributed by atoms with Gasteiger partial charge in [0.2, 0.25) is 11.8 Å². The number of imide groups is 1. The number of piperidine rings is 1. The summed E-state index contributed by atoms with van der Waals surface area (Å²) in [5.74, 6) is -1.28. The Balaban J connectivity index is 2.64. The van der Waals surface area contributed by atoms with Gasteiger partial charge in [-0.05, 0) is 0 Å². The Hall–Kier alpha value is -1.19. The number of hydrogen-bond donors (Lipinski definition) is 1. The van der Waals surface area contributed by atoms with Gasteiger partial charge in [-0.1, -0.05) is 0 Å². The normalized spacial score (nSPS) is 19.8. The molecule has 0 aromatic heterocycles. The molecule has 9 heavy (non-hydrogen) atoms. The van der Waals surface area contributed by atoms with Gasteiger partial charge >= 0.3 is 0 Å². The number of amides is 2. The first-order valence-electron chi connectivity index (χ1n) is 2.53. The molecule has 0 aromatic rings. The Morgan fingerprint density at radius 2 is 1.44 bits per heavy atom. The van der Waals surface area contributed by atoms with Gasteiger partial charge in [0.25, 0.3) is 0 Å². The van der Waals surface area contributed by atoms with Crippen molar-refractivity contribution >= 4 is 17.6 Å². The standard InChI is InChI=1S/C5H5NO3/c7-3-1-4(8)6-5(9)2-3/h1-2H2,(H,6,8,9). The lowest BCUT2D eigenvalue weighted by Crippen LogP contribution is -2.38. The number of nitrogens with one attached hydrogen (secondary N) is 1. The maximum Gasteiger partial charge on any atom is 0.234 e. The maximum atomic E-state index is 10.4. The summed E-state index contributed by atoms with van der Waals surface area (Å²) in [6, 6.07) is 0. The summed E-state index contributed by atoms with van der Waals surface area (Å²) < 4.78 is 0. The Morgan fingerprint density at radius 3 is 1.78 bits per heavy atom. The van der Waals surface area contributed by atoms with Crippen molar-refractivity contribution in [1.82, 2.24) is 5.32 Å². The number of Topliss-reactive ketones (excluding diaryl/α,β-unsaturated/α-hetero) is 1. The van der Waals surface area contributed by atoms with Gasteiger partial charge in [0.15, 0.2) is 5.78 Å². The SMILES string of the molecule is O=C1CC(=O)NC(=O)C1. The highest BCUT2D eigenvalue weighted by Crippen LogP contribution is 1.96. The molecule has 0 unspecified atom stereocenters. The third-order valence-electron chi connectivity index (χ3n) is 0.994. The molecule has 1 N–H and O–H groups in total. The second-order valence-electron chi connectivity index (χ2n) is 1.86. The van der Waals surface area contributed by atoms with Crippen LogP contribution in [0.5, 0.6) is 0 Å². The van der Waals surface area contributed by atoms with Crippen LogP contribution in [0.25, 0.3) is 0 Å². The summed E-state index contributed by atoms with van der Waals surface area (Å²) in [6.07, 6.45) is -0.294. The molecule has 48 valence electrons. The largest absolute Gasteiger partial charge is 0.299 e. The third kappa shape index (κ3) is 1.35. The predicted molar refractivity (Wildman–Crippen MR) is 27.4 cm³/mol. The van der Waals surface area contributed by atoms with Crippen molar-refractivity contribution in [1.29, 1.82) is 0 Å². The number of carbonyl (C=O) groups excluding carboxylic acids is 3. The molecular weight excluding hydrogens is 122 g/mol. The molecule has 0 aromatic carbocycles. The zero-order valence-corrected chi connectivity index (χ0v) is 4.64. The molecule has 0 aliphatic carbocycles. The van der Waals surface area contributed by atoms with Gasteiger partial charge in [-0.3, -0.25) is 19.7 Å². The number of ketones is 1. The Labute approximate surface area is 51.2 Å². The summed E-state index contributed by atoms with van der Waals surface area (Å²) in [4.78, 5) is 31.1. The van der Waals surface area contributed by atoms with E-state index in [-0.39, 0.29) is 18.6 Å². The third-order valence-corrected chi connectivity index (χ3v) is 0.994. The van der Waals surface area contributed by atoms with E-state index in [9.17, 15) is 14.4 Å². The Kier molecular flexibility index (Phi) is 1.30. The molecule has 4 heteroatoms. The van der Waals surface area contributed by atoms with Gasteiger partial charge in [0.1, 0.15) is 0 Å². The van der Waals surface area contributed by atoms with Crippen LogP contribution < -0.4 is 5.32 Å². The highest BCUT2D eigenvalue weighted by Gasteiger charge is 2.21. The first-order valence-corrected chi connectivity index (χ1v) is 2.53. The van der Waals surface area contributed by atoms with Gasteiger partial charge in [-0.15, -0.1) is 0 Å². The lowest BCUT2D eigenvalue weighted by atomic mass is 10.1. The van der Waals surface area contributed by atoms with E-state index in [2.05, 4.69) is 0 Å². The molecule has 0 saturated carbocycles. The molecule has 0 bridgehead atoms. The van der Waals surface area contributed by atoms with E-state index in [0.717, 1.165) is 0 Å². The summed E-state index contributed by atoms with van der Waals surface area (Å²) in [7, 11) is 0. The van der Waals surface area contributed by atoms with E-state index in [1.807, 2.05) is 5.32 Å². The van der Waals surface area contributed by atoms with Gasteiger partial charge in [0, 0.05) is 0 Å². The Morgan fingerprint density at radius 1 is 1.00 bits per heavy atom. The molecule has 1 fully saturated rings. The first-order chi connectivity index (χ1) is 4.18. The van der Waals surface area contributed by atoms with Crippen molar-refractivity contribution in [3.8, 4) is 0 Å². The maximum absolute atomic E-state index is 10.4. The van der Waals surface area contributed by atoms with Crippen LogP contribution in [0.4, 0.5) is 0 Å². The first kappa shape index (κ1) is 5.94. The molecule has 0 spiro atoms. The molecule has 2 amide bonds. The molecule has 4 nitrogen and oxygen atoms in total. The summed E-state index contributed by atoms with van der Waals surface area (Å²) in [5.41, 5.74) is 0. The van der Waals surface area contributed by atoms with E-state index < -0.39 is 11.8 Å². The highest BCUT2D eigenvalue weighted by atomic mass is 16.2. The number of carbonyl (C=O) groups is 3. The molecule has 0 atom stereocenters. The second kappa shape index (κ2) is 1.97. The van der Waals surface area contributed by atoms with E-state index in [1.54, 1.807) is 0 Å². The molecule has 1 aliphatic heterocycles. The monoisotopic (exact) mass is 127 g/mol.